The second kappa shape index (κ2) is 7.41. The van der Waals surface area contributed by atoms with Crippen LogP contribution in [0.2, 0.25) is 0 Å². The van der Waals surface area contributed by atoms with Crippen molar-refractivity contribution >= 4 is 22.4 Å². The first-order valence-corrected chi connectivity index (χ1v) is 8.36. The zero-order valence-electron chi connectivity index (χ0n) is 11.8. The normalized spacial score (nSPS) is 18.2. The number of hydrogen-bond acceptors (Lipinski definition) is 3. The van der Waals surface area contributed by atoms with Crippen molar-refractivity contribution in [2.24, 2.45) is 5.41 Å². The molecule has 6 heteroatoms. The Balaban J connectivity index is 0.00000200. The van der Waals surface area contributed by atoms with Gasteiger partial charge in [0.25, 0.3) is 0 Å². The summed E-state index contributed by atoms with van der Waals surface area (Å²) < 4.78 is 26.9. The Bertz CT molecular complexity index is 499. The topological polar surface area (TPSA) is 58.2 Å². The van der Waals surface area contributed by atoms with Gasteiger partial charge in [-0.3, -0.25) is 0 Å². The molecular formula is C14H23ClN2O2S. The largest absolute Gasteiger partial charge is 0.317 e. The van der Waals surface area contributed by atoms with Crippen molar-refractivity contribution in [2.75, 3.05) is 19.6 Å². The van der Waals surface area contributed by atoms with Crippen LogP contribution in [0, 0.1) is 5.41 Å². The average Bonchev–Trinajstić information content (AvgIpc) is 2.38. The quantitative estimate of drug-likeness (QED) is 0.872. The van der Waals surface area contributed by atoms with Gasteiger partial charge in [-0.2, -0.15) is 0 Å². The van der Waals surface area contributed by atoms with Crippen LogP contribution in [-0.2, 0) is 15.8 Å². The Kier molecular flexibility index (Phi) is 6.45. The third-order valence-corrected chi connectivity index (χ3v) is 5.03. The molecule has 0 radical (unpaired) electrons. The van der Waals surface area contributed by atoms with Crippen LogP contribution in [0.4, 0.5) is 0 Å². The molecule has 0 spiro atoms. The molecule has 0 aliphatic carbocycles. The fourth-order valence-corrected chi connectivity index (χ4v) is 3.64. The monoisotopic (exact) mass is 318 g/mol. The van der Waals surface area contributed by atoms with E-state index in [1.807, 2.05) is 30.3 Å². The molecule has 0 unspecified atom stereocenters. The highest BCUT2D eigenvalue weighted by molar-refractivity contribution is 7.88. The van der Waals surface area contributed by atoms with Crippen LogP contribution in [0.1, 0.15) is 25.3 Å². The molecule has 1 aliphatic heterocycles. The predicted octanol–water partition coefficient (Wildman–Crippen LogP) is 1.92. The van der Waals surface area contributed by atoms with Crippen LogP contribution in [0.15, 0.2) is 30.3 Å². The van der Waals surface area contributed by atoms with Crippen LogP contribution < -0.4 is 10.0 Å². The number of rotatable bonds is 5. The maximum Gasteiger partial charge on any atom is 0.215 e. The second-order valence-corrected chi connectivity index (χ2v) is 7.43. The summed E-state index contributed by atoms with van der Waals surface area (Å²) in [5, 5.41) is 3.30. The summed E-state index contributed by atoms with van der Waals surface area (Å²) in [6.07, 6.45) is 2.03. The van der Waals surface area contributed by atoms with E-state index in [0.29, 0.717) is 6.54 Å². The van der Waals surface area contributed by atoms with Gasteiger partial charge in [0.2, 0.25) is 10.0 Å². The first-order valence-electron chi connectivity index (χ1n) is 6.71. The number of nitrogens with one attached hydrogen (secondary N) is 2. The summed E-state index contributed by atoms with van der Waals surface area (Å²) in [7, 11) is -3.24. The van der Waals surface area contributed by atoms with E-state index >= 15 is 0 Å². The molecule has 0 saturated carbocycles. The summed E-state index contributed by atoms with van der Waals surface area (Å²) in [5.41, 5.74) is 0.903. The van der Waals surface area contributed by atoms with Crippen LogP contribution >= 0.6 is 12.4 Å². The fraction of sp³-hybridized carbons (Fsp3) is 0.571. The Hall–Kier alpha value is -0.620. The molecule has 0 bridgehead atoms. The lowest BCUT2D eigenvalue weighted by molar-refractivity contribution is 0.232. The Labute approximate surface area is 127 Å². The van der Waals surface area contributed by atoms with Gasteiger partial charge in [-0.15, -0.1) is 12.4 Å². The minimum atomic E-state index is -3.24. The molecule has 4 nitrogen and oxygen atoms in total. The number of piperidine rings is 1. The number of sulfonamides is 1. The summed E-state index contributed by atoms with van der Waals surface area (Å²) in [4.78, 5) is 0. The highest BCUT2D eigenvalue weighted by atomic mass is 35.5. The molecule has 0 atom stereocenters. The maximum atomic E-state index is 12.1. The molecule has 1 heterocycles. The molecule has 0 amide bonds. The third kappa shape index (κ3) is 5.40. The van der Waals surface area contributed by atoms with Gasteiger partial charge >= 0.3 is 0 Å². The second-order valence-electron chi connectivity index (χ2n) is 5.63. The Morgan fingerprint density at radius 1 is 1.20 bits per heavy atom. The zero-order chi connectivity index (χ0) is 13.8. The molecule has 1 saturated heterocycles. The van der Waals surface area contributed by atoms with Gasteiger partial charge in [0.05, 0.1) is 5.75 Å². The van der Waals surface area contributed by atoms with Gasteiger partial charge in [0.1, 0.15) is 0 Å². The van der Waals surface area contributed by atoms with Crippen LogP contribution in [-0.4, -0.2) is 28.1 Å². The van der Waals surface area contributed by atoms with Gasteiger partial charge in [-0.05, 0) is 36.9 Å². The van der Waals surface area contributed by atoms with E-state index in [1.54, 1.807) is 0 Å². The Morgan fingerprint density at radius 2 is 1.80 bits per heavy atom. The molecule has 1 aliphatic rings. The number of hydrogen-bond donors (Lipinski definition) is 2. The molecule has 1 aromatic rings. The zero-order valence-corrected chi connectivity index (χ0v) is 13.4. The number of halogens is 1. The van der Waals surface area contributed by atoms with Crippen molar-refractivity contribution in [3.63, 3.8) is 0 Å². The van der Waals surface area contributed by atoms with Gasteiger partial charge in [0.15, 0.2) is 0 Å². The summed E-state index contributed by atoms with van der Waals surface area (Å²) in [6, 6.07) is 9.29. The molecule has 114 valence electrons. The van der Waals surface area contributed by atoms with Crippen molar-refractivity contribution in [3.05, 3.63) is 35.9 Å². The molecule has 2 N–H and O–H groups in total. The van der Waals surface area contributed by atoms with E-state index in [-0.39, 0.29) is 23.6 Å². The van der Waals surface area contributed by atoms with E-state index in [2.05, 4.69) is 17.0 Å². The standard InChI is InChI=1S/C14H22N2O2S.ClH/c1-14(7-9-15-10-8-14)12-16-19(17,18)11-13-5-3-2-4-6-13;/h2-6,15-16H,7-12H2,1H3;1H. The SMILES string of the molecule is CC1(CNS(=O)(=O)Cc2ccccc2)CCNCC1.Cl. The molecule has 20 heavy (non-hydrogen) atoms. The predicted molar refractivity (Wildman–Crippen MR) is 84.5 cm³/mol. The highest BCUT2D eigenvalue weighted by Crippen LogP contribution is 2.27. The van der Waals surface area contributed by atoms with E-state index in [9.17, 15) is 8.42 Å². The lowest BCUT2D eigenvalue weighted by Gasteiger charge is -2.34. The molecule has 1 fully saturated rings. The van der Waals surface area contributed by atoms with Crippen LogP contribution in [0.3, 0.4) is 0 Å². The maximum absolute atomic E-state index is 12.1. The minimum Gasteiger partial charge on any atom is -0.317 e. The first kappa shape index (κ1) is 17.4. The van der Waals surface area contributed by atoms with Crippen molar-refractivity contribution in [2.45, 2.75) is 25.5 Å². The van der Waals surface area contributed by atoms with Crippen LogP contribution in [0.5, 0.6) is 0 Å². The smallest absolute Gasteiger partial charge is 0.215 e. The van der Waals surface area contributed by atoms with Gasteiger partial charge in [-0.25, -0.2) is 13.1 Å². The summed E-state index contributed by atoms with van der Waals surface area (Å²) >= 11 is 0. The lowest BCUT2D eigenvalue weighted by atomic mass is 9.81. The highest BCUT2D eigenvalue weighted by Gasteiger charge is 2.28. The minimum absolute atomic E-state index is 0. The summed E-state index contributed by atoms with van der Waals surface area (Å²) in [5.74, 6) is 0.0577. The molecule has 2 rings (SSSR count). The molecule has 0 aromatic heterocycles. The first-order chi connectivity index (χ1) is 8.99. The van der Waals surface area contributed by atoms with Crippen molar-refractivity contribution < 1.29 is 8.42 Å². The van der Waals surface area contributed by atoms with Crippen molar-refractivity contribution in [3.8, 4) is 0 Å². The van der Waals surface area contributed by atoms with Gasteiger partial charge < -0.3 is 5.32 Å². The Morgan fingerprint density at radius 3 is 2.40 bits per heavy atom. The van der Waals surface area contributed by atoms with E-state index in [0.717, 1.165) is 31.5 Å². The summed E-state index contributed by atoms with van der Waals surface area (Å²) in [6.45, 7) is 4.62. The van der Waals surface area contributed by atoms with Gasteiger partial charge in [0, 0.05) is 6.54 Å². The fourth-order valence-electron chi connectivity index (χ4n) is 2.34. The lowest BCUT2D eigenvalue weighted by Crippen LogP contribution is -2.43. The molecular weight excluding hydrogens is 296 g/mol. The number of benzene rings is 1. The van der Waals surface area contributed by atoms with Crippen molar-refractivity contribution in [1.29, 1.82) is 0 Å². The van der Waals surface area contributed by atoms with Crippen LogP contribution in [0.25, 0.3) is 0 Å². The van der Waals surface area contributed by atoms with E-state index < -0.39 is 10.0 Å². The van der Waals surface area contributed by atoms with Gasteiger partial charge in [-0.1, -0.05) is 37.3 Å². The van der Waals surface area contributed by atoms with E-state index in [4.69, 9.17) is 0 Å². The molecule has 1 aromatic carbocycles. The van der Waals surface area contributed by atoms with Crippen molar-refractivity contribution in [1.82, 2.24) is 10.0 Å². The van der Waals surface area contributed by atoms with E-state index in [1.165, 1.54) is 0 Å². The average molecular weight is 319 g/mol. The third-order valence-electron chi connectivity index (χ3n) is 3.73.